The van der Waals surface area contributed by atoms with E-state index in [2.05, 4.69) is 24.5 Å². The minimum Gasteiger partial charge on any atom is -0.376 e. The first kappa shape index (κ1) is 11.9. The number of hydrogen-bond donors (Lipinski definition) is 3. The third-order valence-corrected chi connectivity index (χ3v) is 3.05. The van der Waals surface area contributed by atoms with Crippen molar-refractivity contribution in [2.75, 3.05) is 11.9 Å². The molecule has 1 aromatic carbocycles. The SMILES string of the molecule is CC1(C)CNC(=O)c2cc(NC(N)=S)ccc21. The summed E-state index contributed by atoms with van der Waals surface area (Å²) in [6, 6.07) is 5.62. The van der Waals surface area contributed by atoms with Crippen LogP contribution < -0.4 is 16.4 Å². The molecule has 0 aliphatic carbocycles. The first-order valence-corrected chi connectivity index (χ1v) is 5.80. The number of anilines is 1. The van der Waals surface area contributed by atoms with E-state index in [9.17, 15) is 4.79 Å². The number of thiocarbonyl (C=S) groups is 1. The molecule has 0 saturated carbocycles. The van der Waals surface area contributed by atoms with E-state index in [0.29, 0.717) is 12.1 Å². The van der Waals surface area contributed by atoms with Gasteiger partial charge >= 0.3 is 0 Å². The molecule has 0 fully saturated rings. The van der Waals surface area contributed by atoms with Crippen molar-refractivity contribution in [1.29, 1.82) is 0 Å². The number of nitrogens with two attached hydrogens (primary N) is 1. The van der Waals surface area contributed by atoms with Gasteiger partial charge in [-0.1, -0.05) is 19.9 Å². The molecule has 1 aliphatic rings. The Morgan fingerprint density at radius 2 is 2.24 bits per heavy atom. The maximum absolute atomic E-state index is 11.8. The Kier molecular flexibility index (Phi) is 2.79. The van der Waals surface area contributed by atoms with Gasteiger partial charge in [-0.05, 0) is 29.9 Å². The summed E-state index contributed by atoms with van der Waals surface area (Å²) in [5, 5.41) is 5.91. The summed E-state index contributed by atoms with van der Waals surface area (Å²) >= 11 is 4.77. The van der Waals surface area contributed by atoms with E-state index in [4.69, 9.17) is 18.0 Å². The monoisotopic (exact) mass is 249 g/mol. The molecule has 1 aromatic rings. The Morgan fingerprint density at radius 1 is 1.53 bits per heavy atom. The standard InChI is InChI=1S/C12H15N3OS/c1-12(2)6-14-10(16)8-5-7(15-11(13)17)3-4-9(8)12/h3-5H,6H2,1-2H3,(H,14,16)(H3,13,15,17). The normalized spacial score (nSPS) is 16.9. The van der Waals surface area contributed by atoms with Crippen molar-refractivity contribution in [3.05, 3.63) is 29.3 Å². The maximum Gasteiger partial charge on any atom is 0.251 e. The fourth-order valence-corrected chi connectivity index (χ4v) is 2.15. The number of amides is 1. The number of nitrogens with one attached hydrogen (secondary N) is 2. The van der Waals surface area contributed by atoms with Gasteiger partial charge in [-0.15, -0.1) is 0 Å². The molecule has 4 N–H and O–H groups in total. The molecule has 0 aromatic heterocycles. The molecule has 0 atom stereocenters. The van der Waals surface area contributed by atoms with Gasteiger partial charge in [0.1, 0.15) is 0 Å². The highest BCUT2D eigenvalue weighted by atomic mass is 32.1. The van der Waals surface area contributed by atoms with Gasteiger partial charge in [0.05, 0.1) is 0 Å². The van der Waals surface area contributed by atoms with Crippen molar-refractivity contribution in [3.8, 4) is 0 Å². The number of benzene rings is 1. The lowest BCUT2D eigenvalue weighted by atomic mass is 9.79. The molecule has 0 saturated heterocycles. The summed E-state index contributed by atoms with van der Waals surface area (Å²) < 4.78 is 0. The van der Waals surface area contributed by atoms with Crippen molar-refractivity contribution in [2.24, 2.45) is 5.73 Å². The number of hydrogen-bond acceptors (Lipinski definition) is 2. The van der Waals surface area contributed by atoms with E-state index in [1.165, 1.54) is 0 Å². The Bertz CT molecular complexity index is 497. The molecule has 5 heteroatoms. The third kappa shape index (κ3) is 2.24. The van der Waals surface area contributed by atoms with Crippen LogP contribution in [0, 0.1) is 0 Å². The second-order valence-corrected chi connectivity index (χ2v) is 5.26. The van der Waals surface area contributed by atoms with Crippen LogP contribution in [-0.4, -0.2) is 17.6 Å². The predicted molar refractivity (Wildman–Crippen MR) is 72.2 cm³/mol. The second-order valence-electron chi connectivity index (χ2n) is 4.82. The Balaban J connectivity index is 2.46. The molecule has 1 amide bonds. The molecule has 4 nitrogen and oxygen atoms in total. The van der Waals surface area contributed by atoms with Gasteiger partial charge in [-0.2, -0.15) is 0 Å². The molecule has 0 bridgehead atoms. The van der Waals surface area contributed by atoms with Crippen LogP contribution in [0.4, 0.5) is 5.69 Å². The van der Waals surface area contributed by atoms with Crippen LogP contribution in [0.25, 0.3) is 0 Å². The smallest absolute Gasteiger partial charge is 0.251 e. The van der Waals surface area contributed by atoms with E-state index < -0.39 is 0 Å². The number of fused-ring (bicyclic) bond motifs is 1. The highest BCUT2D eigenvalue weighted by Gasteiger charge is 2.31. The Morgan fingerprint density at radius 3 is 2.88 bits per heavy atom. The fraction of sp³-hybridized carbons (Fsp3) is 0.333. The zero-order valence-electron chi connectivity index (χ0n) is 9.83. The number of rotatable bonds is 1. The van der Waals surface area contributed by atoms with Crippen molar-refractivity contribution in [2.45, 2.75) is 19.3 Å². The molecule has 0 radical (unpaired) electrons. The van der Waals surface area contributed by atoms with Gasteiger partial charge in [0.15, 0.2) is 5.11 Å². The van der Waals surface area contributed by atoms with Crippen LogP contribution in [0.1, 0.15) is 29.8 Å². The van der Waals surface area contributed by atoms with Crippen LogP contribution in [0.5, 0.6) is 0 Å². The summed E-state index contributed by atoms with van der Waals surface area (Å²) in [4.78, 5) is 11.8. The maximum atomic E-state index is 11.8. The largest absolute Gasteiger partial charge is 0.376 e. The van der Waals surface area contributed by atoms with Gasteiger partial charge < -0.3 is 16.4 Å². The highest BCUT2D eigenvalue weighted by Crippen LogP contribution is 2.31. The zero-order valence-corrected chi connectivity index (χ0v) is 10.6. The van der Waals surface area contributed by atoms with Gasteiger partial charge in [0, 0.05) is 23.2 Å². The average molecular weight is 249 g/mol. The molecular weight excluding hydrogens is 234 g/mol. The first-order chi connectivity index (χ1) is 7.90. The molecule has 1 heterocycles. The highest BCUT2D eigenvalue weighted by molar-refractivity contribution is 7.80. The summed E-state index contributed by atoms with van der Waals surface area (Å²) in [6.45, 7) is 4.86. The van der Waals surface area contributed by atoms with Crippen LogP contribution in [0.3, 0.4) is 0 Å². The summed E-state index contributed by atoms with van der Waals surface area (Å²) in [7, 11) is 0. The van der Waals surface area contributed by atoms with Crippen molar-refractivity contribution >= 4 is 28.9 Å². The molecular formula is C12H15N3OS. The van der Waals surface area contributed by atoms with E-state index in [1.807, 2.05) is 12.1 Å². The fourth-order valence-electron chi connectivity index (χ4n) is 2.03. The first-order valence-electron chi connectivity index (χ1n) is 5.39. The van der Waals surface area contributed by atoms with Crippen molar-refractivity contribution in [1.82, 2.24) is 5.32 Å². The second kappa shape index (κ2) is 4.00. The summed E-state index contributed by atoms with van der Waals surface area (Å²) in [6.07, 6.45) is 0. The van der Waals surface area contributed by atoms with E-state index in [-0.39, 0.29) is 16.4 Å². The molecule has 0 unspecified atom stereocenters. The minimum atomic E-state index is -0.0506. The van der Waals surface area contributed by atoms with Crippen LogP contribution in [-0.2, 0) is 5.41 Å². The van der Waals surface area contributed by atoms with E-state index >= 15 is 0 Å². The molecule has 2 rings (SSSR count). The lowest BCUT2D eigenvalue weighted by Crippen LogP contribution is -2.43. The minimum absolute atomic E-state index is 0.0501. The topological polar surface area (TPSA) is 67.2 Å². The summed E-state index contributed by atoms with van der Waals surface area (Å²) in [5.74, 6) is -0.0501. The predicted octanol–water partition coefficient (Wildman–Crippen LogP) is 1.36. The third-order valence-electron chi connectivity index (χ3n) is 2.95. The van der Waals surface area contributed by atoms with Gasteiger partial charge in [0.25, 0.3) is 5.91 Å². The Hall–Kier alpha value is -1.62. The molecule has 1 aliphatic heterocycles. The van der Waals surface area contributed by atoms with Crippen LogP contribution in [0.15, 0.2) is 18.2 Å². The molecule has 90 valence electrons. The lowest BCUT2D eigenvalue weighted by molar-refractivity contribution is 0.0930. The lowest BCUT2D eigenvalue weighted by Gasteiger charge is -2.32. The quantitative estimate of drug-likeness (QED) is 0.658. The van der Waals surface area contributed by atoms with E-state index in [1.54, 1.807) is 6.07 Å². The number of carbonyl (C=O) groups excluding carboxylic acids is 1. The average Bonchev–Trinajstić information content (AvgIpc) is 2.23. The number of carbonyl (C=O) groups is 1. The van der Waals surface area contributed by atoms with Crippen LogP contribution in [0.2, 0.25) is 0 Å². The zero-order chi connectivity index (χ0) is 12.6. The van der Waals surface area contributed by atoms with Crippen molar-refractivity contribution < 1.29 is 4.79 Å². The van der Waals surface area contributed by atoms with Crippen molar-refractivity contribution in [3.63, 3.8) is 0 Å². The van der Waals surface area contributed by atoms with Gasteiger partial charge in [-0.25, -0.2) is 0 Å². The molecule has 0 spiro atoms. The molecule has 17 heavy (non-hydrogen) atoms. The van der Waals surface area contributed by atoms with Gasteiger partial charge in [-0.3, -0.25) is 4.79 Å². The van der Waals surface area contributed by atoms with Gasteiger partial charge in [0.2, 0.25) is 0 Å². The summed E-state index contributed by atoms with van der Waals surface area (Å²) in [5.41, 5.74) is 7.83. The van der Waals surface area contributed by atoms with Crippen LogP contribution >= 0.6 is 12.2 Å². The van der Waals surface area contributed by atoms with E-state index in [0.717, 1.165) is 11.3 Å². The Labute approximate surface area is 106 Å².